The molecule has 2 aromatic rings. The Hall–Kier alpha value is -1.49. The van der Waals surface area contributed by atoms with Crippen LogP contribution in [0, 0.1) is 0 Å². The lowest BCUT2D eigenvalue weighted by Gasteiger charge is -2.03. The zero-order chi connectivity index (χ0) is 10.7. The van der Waals surface area contributed by atoms with E-state index < -0.39 is 0 Å². The van der Waals surface area contributed by atoms with E-state index in [1.165, 1.54) is 10.8 Å². The van der Waals surface area contributed by atoms with E-state index in [0.29, 0.717) is 11.1 Å². The molecule has 0 radical (unpaired) electrons. The van der Waals surface area contributed by atoms with Gasteiger partial charge in [-0.05, 0) is 18.2 Å². The molecular formula is C10H8BrN3O. The second-order valence-corrected chi connectivity index (χ2v) is 3.45. The number of rotatable bonds is 2. The number of pyridine rings is 1. The Bertz CT molecular complexity index is 524. The van der Waals surface area contributed by atoms with Gasteiger partial charge in [0.2, 0.25) is 0 Å². The van der Waals surface area contributed by atoms with E-state index >= 15 is 0 Å². The van der Waals surface area contributed by atoms with Gasteiger partial charge in [-0.3, -0.25) is 4.57 Å². The summed E-state index contributed by atoms with van der Waals surface area (Å²) in [6, 6.07) is 7.22. The molecule has 5 heteroatoms. The van der Waals surface area contributed by atoms with Gasteiger partial charge in [-0.1, -0.05) is 22.0 Å². The van der Waals surface area contributed by atoms with Gasteiger partial charge in [0.1, 0.15) is 5.82 Å². The molecule has 0 unspecified atom stereocenters. The maximum Gasteiger partial charge on any atom is 0.353 e. The van der Waals surface area contributed by atoms with E-state index in [4.69, 9.17) is 0 Å². The lowest BCUT2D eigenvalue weighted by atomic mass is 10.4. The summed E-state index contributed by atoms with van der Waals surface area (Å²) in [6.07, 6.45) is 3.11. The van der Waals surface area contributed by atoms with Crippen molar-refractivity contribution in [2.45, 2.75) is 5.33 Å². The minimum atomic E-state index is -0.322. The Morgan fingerprint density at radius 1 is 1.33 bits per heavy atom. The number of alkyl halides is 1. The van der Waals surface area contributed by atoms with Crippen LogP contribution in [0.25, 0.3) is 5.82 Å². The molecule has 0 bridgehead atoms. The van der Waals surface area contributed by atoms with Crippen molar-refractivity contribution in [3.05, 3.63) is 52.8 Å². The van der Waals surface area contributed by atoms with Crippen LogP contribution in [-0.2, 0) is 5.33 Å². The molecule has 2 heterocycles. The predicted octanol–water partition coefficient (Wildman–Crippen LogP) is 1.52. The summed E-state index contributed by atoms with van der Waals surface area (Å²) in [5.41, 5.74) is 0.556. The lowest BCUT2D eigenvalue weighted by Crippen LogP contribution is -2.20. The lowest BCUT2D eigenvalue weighted by molar-refractivity contribution is 0.874. The summed E-state index contributed by atoms with van der Waals surface area (Å²) in [7, 11) is 0. The molecule has 4 nitrogen and oxygen atoms in total. The minimum Gasteiger partial charge on any atom is -0.251 e. The molecule has 0 aromatic carbocycles. The summed E-state index contributed by atoms with van der Waals surface area (Å²) < 4.78 is 1.41. The van der Waals surface area contributed by atoms with E-state index in [1.807, 2.05) is 12.1 Å². The van der Waals surface area contributed by atoms with Crippen LogP contribution < -0.4 is 5.69 Å². The largest absolute Gasteiger partial charge is 0.353 e. The maximum atomic E-state index is 11.4. The Morgan fingerprint density at radius 3 is 2.93 bits per heavy atom. The molecule has 0 aliphatic heterocycles. The first kappa shape index (κ1) is 10.0. The van der Waals surface area contributed by atoms with Gasteiger partial charge < -0.3 is 0 Å². The van der Waals surface area contributed by atoms with Crippen LogP contribution in [0.4, 0.5) is 0 Å². The fourth-order valence-electron chi connectivity index (χ4n) is 1.21. The SMILES string of the molecule is O=c1ncccn1-c1cccc(CBr)n1. The topological polar surface area (TPSA) is 47.8 Å². The Morgan fingerprint density at radius 2 is 2.20 bits per heavy atom. The Balaban J connectivity index is 2.54. The van der Waals surface area contributed by atoms with Crippen LogP contribution >= 0.6 is 15.9 Å². The smallest absolute Gasteiger partial charge is 0.251 e. The van der Waals surface area contributed by atoms with Crippen molar-refractivity contribution < 1.29 is 0 Å². The molecule has 0 saturated heterocycles. The summed E-state index contributed by atoms with van der Waals surface area (Å²) in [6.45, 7) is 0. The molecule has 0 atom stereocenters. The number of nitrogens with zero attached hydrogens (tertiary/aromatic N) is 3. The van der Waals surface area contributed by atoms with Gasteiger partial charge in [0.05, 0.1) is 5.69 Å². The van der Waals surface area contributed by atoms with E-state index in [0.717, 1.165) is 5.69 Å². The van der Waals surface area contributed by atoms with Gasteiger partial charge in [0.25, 0.3) is 0 Å². The monoisotopic (exact) mass is 265 g/mol. The molecule has 0 saturated carbocycles. The molecule has 0 fully saturated rings. The van der Waals surface area contributed by atoms with Crippen molar-refractivity contribution in [3.63, 3.8) is 0 Å². The van der Waals surface area contributed by atoms with Crippen LogP contribution in [-0.4, -0.2) is 14.5 Å². The van der Waals surface area contributed by atoms with Gasteiger partial charge in [0.15, 0.2) is 0 Å². The fraction of sp³-hybridized carbons (Fsp3) is 0.100. The molecule has 0 aliphatic rings. The molecular weight excluding hydrogens is 258 g/mol. The summed E-state index contributed by atoms with van der Waals surface area (Å²) in [5, 5.41) is 0.663. The van der Waals surface area contributed by atoms with Crippen molar-refractivity contribution in [2.24, 2.45) is 0 Å². The Labute approximate surface area is 94.8 Å². The zero-order valence-corrected chi connectivity index (χ0v) is 9.39. The summed E-state index contributed by atoms with van der Waals surface area (Å²) >= 11 is 3.32. The van der Waals surface area contributed by atoms with Crippen LogP contribution in [0.15, 0.2) is 41.5 Å². The third-order valence-electron chi connectivity index (χ3n) is 1.89. The number of hydrogen-bond acceptors (Lipinski definition) is 3. The van der Waals surface area contributed by atoms with Crippen molar-refractivity contribution in [3.8, 4) is 5.82 Å². The number of hydrogen-bond donors (Lipinski definition) is 0. The van der Waals surface area contributed by atoms with E-state index in [9.17, 15) is 4.79 Å². The first-order valence-electron chi connectivity index (χ1n) is 4.37. The molecule has 2 rings (SSSR count). The average molecular weight is 266 g/mol. The standard InChI is InChI=1S/C10H8BrN3O/c11-7-8-3-1-4-9(13-8)14-6-2-5-12-10(14)15/h1-6H,7H2. The van der Waals surface area contributed by atoms with Crippen LogP contribution in [0.5, 0.6) is 0 Å². The molecule has 15 heavy (non-hydrogen) atoms. The molecule has 0 spiro atoms. The summed E-state index contributed by atoms with van der Waals surface area (Å²) in [5.74, 6) is 0.588. The van der Waals surface area contributed by atoms with Gasteiger partial charge in [-0.15, -0.1) is 0 Å². The molecule has 0 aliphatic carbocycles. The Kier molecular flexibility index (Phi) is 2.91. The van der Waals surface area contributed by atoms with Crippen molar-refractivity contribution >= 4 is 15.9 Å². The quantitative estimate of drug-likeness (QED) is 0.774. The molecule has 2 aromatic heterocycles. The van der Waals surface area contributed by atoms with Crippen molar-refractivity contribution in [1.29, 1.82) is 0 Å². The van der Waals surface area contributed by atoms with Gasteiger partial charge in [-0.25, -0.2) is 14.8 Å². The highest BCUT2D eigenvalue weighted by atomic mass is 79.9. The van der Waals surface area contributed by atoms with E-state index in [2.05, 4.69) is 25.9 Å². The van der Waals surface area contributed by atoms with Crippen molar-refractivity contribution in [1.82, 2.24) is 14.5 Å². The maximum absolute atomic E-state index is 11.4. The third-order valence-corrected chi connectivity index (χ3v) is 2.46. The van der Waals surface area contributed by atoms with E-state index in [1.54, 1.807) is 18.3 Å². The van der Waals surface area contributed by atoms with Crippen molar-refractivity contribution in [2.75, 3.05) is 0 Å². The van der Waals surface area contributed by atoms with E-state index in [-0.39, 0.29) is 5.69 Å². The highest BCUT2D eigenvalue weighted by Crippen LogP contribution is 2.05. The molecule has 76 valence electrons. The van der Waals surface area contributed by atoms with Gasteiger partial charge in [-0.2, -0.15) is 0 Å². The number of aromatic nitrogens is 3. The third kappa shape index (κ3) is 2.12. The number of halogens is 1. The zero-order valence-electron chi connectivity index (χ0n) is 7.80. The first-order chi connectivity index (χ1) is 7.31. The average Bonchev–Trinajstić information content (AvgIpc) is 2.30. The normalized spacial score (nSPS) is 10.2. The van der Waals surface area contributed by atoms with Gasteiger partial charge >= 0.3 is 5.69 Å². The summed E-state index contributed by atoms with van der Waals surface area (Å²) in [4.78, 5) is 19.4. The minimum absolute atomic E-state index is 0.322. The van der Waals surface area contributed by atoms with Crippen LogP contribution in [0.1, 0.15) is 5.69 Å². The molecule has 0 N–H and O–H groups in total. The first-order valence-corrected chi connectivity index (χ1v) is 5.49. The molecule has 0 amide bonds. The second-order valence-electron chi connectivity index (χ2n) is 2.89. The van der Waals surface area contributed by atoms with Crippen LogP contribution in [0.3, 0.4) is 0 Å². The highest BCUT2D eigenvalue weighted by Gasteiger charge is 2.01. The van der Waals surface area contributed by atoms with Gasteiger partial charge in [0, 0.05) is 17.7 Å². The second kappa shape index (κ2) is 4.35. The highest BCUT2D eigenvalue weighted by molar-refractivity contribution is 9.08. The van der Waals surface area contributed by atoms with Crippen LogP contribution in [0.2, 0.25) is 0 Å². The fourth-order valence-corrected chi connectivity index (χ4v) is 1.52. The predicted molar refractivity (Wildman–Crippen MR) is 60.3 cm³/mol.